The van der Waals surface area contributed by atoms with Crippen LogP contribution in [0.3, 0.4) is 0 Å². The lowest BCUT2D eigenvalue weighted by Gasteiger charge is -2.09. The number of carbonyl (C=O) groups excluding carboxylic acids is 3. The summed E-state index contributed by atoms with van der Waals surface area (Å²) in [5.41, 5.74) is 1.97. The van der Waals surface area contributed by atoms with E-state index < -0.39 is 11.9 Å². The lowest BCUT2D eigenvalue weighted by atomic mass is 10.1. The van der Waals surface area contributed by atoms with E-state index >= 15 is 0 Å². The number of amides is 2. The maximum atomic E-state index is 12.1. The van der Waals surface area contributed by atoms with Crippen molar-refractivity contribution in [2.45, 2.75) is 19.8 Å². The fourth-order valence-corrected chi connectivity index (χ4v) is 2.21. The molecule has 0 aromatic heterocycles. The van der Waals surface area contributed by atoms with E-state index in [-0.39, 0.29) is 25.4 Å². The highest BCUT2D eigenvalue weighted by atomic mass is 16.5. The Balaban J connectivity index is 1.91. The Bertz CT molecular complexity index is 744. The smallest absolute Gasteiger partial charge is 0.315 e. The van der Waals surface area contributed by atoms with E-state index in [1.165, 1.54) is 0 Å². The van der Waals surface area contributed by atoms with E-state index in [4.69, 9.17) is 4.74 Å². The average molecular weight is 340 g/mol. The maximum absolute atomic E-state index is 12.1. The Labute approximate surface area is 146 Å². The SMILES string of the molecule is CCOC(=O)CC(=O)Nc1cccc(NC(=O)Cc2ccccc2)c1. The van der Waals surface area contributed by atoms with Gasteiger partial charge in [-0.2, -0.15) is 0 Å². The maximum Gasteiger partial charge on any atom is 0.315 e. The summed E-state index contributed by atoms with van der Waals surface area (Å²) in [5.74, 6) is -1.19. The Morgan fingerprint density at radius 1 is 0.880 bits per heavy atom. The first-order chi connectivity index (χ1) is 12.1. The van der Waals surface area contributed by atoms with Gasteiger partial charge in [0.2, 0.25) is 11.8 Å². The van der Waals surface area contributed by atoms with Crippen molar-refractivity contribution in [3.8, 4) is 0 Å². The molecule has 0 unspecified atom stereocenters. The van der Waals surface area contributed by atoms with Crippen molar-refractivity contribution < 1.29 is 19.1 Å². The van der Waals surface area contributed by atoms with Gasteiger partial charge in [0.05, 0.1) is 13.0 Å². The van der Waals surface area contributed by atoms with Gasteiger partial charge in [-0.25, -0.2) is 0 Å². The fraction of sp³-hybridized carbons (Fsp3) is 0.211. The molecule has 25 heavy (non-hydrogen) atoms. The number of nitrogens with one attached hydrogen (secondary N) is 2. The monoisotopic (exact) mass is 340 g/mol. The van der Waals surface area contributed by atoms with Gasteiger partial charge in [0.15, 0.2) is 0 Å². The fourth-order valence-electron chi connectivity index (χ4n) is 2.21. The molecular formula is C19H20N2O4. The summed E-state index contributed by atoms with van der Waals surface area (Å²) in [5, 5.41) is 5.39. The lowest BCUT2D eigenvalue weighted by molar-refractivity contribution is -0.145. The highest BCUT2D eigenvalue weighted by Crippen LogP contribution is 2.16. The van der Waals surface area contributed by atoms with Crippen LogP contribution in [0, 0.1) is 0 Å². The second-order valence-electron chi connectivity index (χ2n) is 5.32. The molecule has 6 nitrogen and oxygen atoms in total. The number of esters is 1. The number of ether oxygens (including phenoxy) is 1. The summed E-state index contributed by atoms with van der Waals surface area (Å²) < 4.78 is 4.73. The van der Waals surface area contributed by atoms with E-state index in [1.54, 1.807) is 31.2 Å². The largest absolute Gasteiger partial charge is 0.466 e. The lowest BCUT2D eigenvalue weighted by Crippen LogP contribution is -2.18. The van der Waals surface area contributed by atoms with Crippen molar-refractivity contribution in [2.75, 3.05) is 17.2 Å². The van der Waals surface area contributed by atoms with Crippen LogP contribution in [-0.4, -0.2) is 24.4 Å². The van der Waals surface area contributed by atoms with Crippen molar-refractivity contribution in [2.24, 2.45) is 0 Å². The second-order valence-corrected chi connectivity index (χ2v) is 5.32. The van der Waals surface area contributed by atoms with E-state index in [0.29, 0.717) is 11.4 Å². The predicted molar refractivity (Wildman–Crippen MR) is 95.1 cm³/mol. The van der Waals surface area contributed by atoms with Gasteiger partial charge >= 0.3 is 5.97 Å². The molecule has 2 N–H and O–H groups in total. The van der Waals surface area contributed by atoms with Crippen LogP contribution in [0.5, 0.6) is 0 Å². The zero-order valence-electron chi connectivity index (χ0n) is 14.0. The normalized spacial score (nSPS) is 9.96. The van der Waals surface area contributed by atoms with Crippen LogP contribution < -0.4 is 10.6 Å². The molecule has 2 aromatic rings. The summed E-state index contributed by atoms with van der Waals surface area (Å²) in [6.45, 7) is 1.91. The van der Waals surface area contributed by atoms with Crippen LogP contribution in [0.15, 0.2) is 54.6 Å². The average Bonchev–Trinajstić information content (AvgIpc) is 2.56. The van der Waals surface area contributed by atoms with Crippen LogP contribution in [0.4, 0.5) is 11.4 Å². The molecule has 0 saturated carbocycles. The molecule has 2 rings (SSSR count). The summed E-state index contributed by atoms with van der Waals surface area (Å²) >= 11 is 0. The van der Waals surface area contributed by atoms with Crippen molar-refractivity contribution in [3.05, 3.63) is 60.2 Å². The molecule has 0 aliphatic rings. The topological polar surface area (TPSA) is 84.5 Å². The number of benzene rings is 2. The van der Waals surface area contributed by atoms with E-state index in [9.17, 15) is 14.4 Å². The summed E-state index contributed by atoms with van der Waals surface area (Å²) in [6, 6.07) is 16.1. The van der Waals surface area contributed by atoms with Gasteiger partial charge in [0.25, 0.3) is 0 Å². The highest BCUT2D eigenvalue weighted by Gasteiger charge is 2.11. The van der Waals surface area contributed by atoms with Crippen LogP contribution in [0.1, 0.15) is 18.9 Å². The Morgan fingerprint density at radius 2 is 1.52 bits per heavy atom. The molecule has 0 radical (unpaired) electrons. The van der Waals surface area contributed by atoms with Gasteiger partial charge in [0.1, 0.15) is 6.42 Å². The summed E-state index contributed by atoms with van der Waals surface area (Å²) in [7, 11) is 0. The molecule has 0 aliphatic heterocycles. The van der Waals surface area contributed by atoms with E-state index in [2.05, 4.69) is 10.6 Å². The molecule has 0 spiro atoms. The van der Waals surface area contributed by atoms with Crippen molar-refractivity contribution >= 4 is 29.2 Å². The summed E-state index contributed by atoms with van der Waals surface area (Å²) in [4.78, 5) is 35.1. The molecule has 0 aliphatic carbocycles. The van der Waals surface area contributed by atoms with Gasteiger partial charge in [-0.3, -0.25) is 14.4 Å². The first-order valence-electron chi connectivity index (χ1n) is 7.96. The molecular weight excluding hydrogens is 320 g/mol. The Kier molecular flexibility index (Phi) is 6.71. The van der Waals surface area contributed by atoms with Gasteiger partial charge in [0, 0.05) is 11.4 Å². The Morgan fingerprint density at radius 3 is 2.16 bits per heavy atom. The summed E-state index contributed by atoms with van der Waals surface area (Å²) in [6.07, 6.45) is -0.0846. The van der Waals surface area contributed by atoms with Crippen LogP contribution >= 0.6 is 0 Å². The van der Waals surface area contributed by atoms with Crippen molar-refractivity contribution in [1.29, 1.82) is 0 Å². The third-order valence-corrected chi connectivity index (χ3v) is 3.25. The molecule has 6 heteroatoms. The van der Waals surface area contributed by atoms with Crippen LogP contribution in [0.2, 0.25) is 0 Å². The van der Waals surface area contributed by atoms with Crippen LogP contribution in [-0.2, 0) is 25.5 Å². The van der Waals surface area contributed by atoms with Gasteiger partial charge < -0.3 is 15.4 Å². The molecule has 0 fully saturated rings. The van der Waals surface area contributed by atoms with Crippen LogP contribution in [0.25, 0.3) is 0 Å². The minimum atomic E-state index is -0.577. The third-order valence-electron chi connectivity index (χ3n) is 3.25. The number of rotatable bonds is 7. The molecule has 130 valence electrons. The third kappa shape index (κ3) is 6.47. The Hall–Kier alpha value is -3.15. The minimum Gasteiger partial charge on any atom is -0.466 e. The number of anilines is 2. The van der Waals surface area contributed by atoms with E-state index in [0.717, 1.165) is 5.56 Å². The molecule has 0 heterocycles. The van der Waals surface area contributed by atoms with Gasteiger partial charge in [-0.15, -0.1) is 0 Å². The zero-order valence-corrected chi connectivity index (χ0v) is 14.0. The first kappa shape index (κ1) is 18.2. The van der Waals surface area contributed by atoms with Gasteiger partial charge in [-0.1, -0.05) is 36.4 Å². The zero-order chi connectivity index (χ0) is 18.1. The molecule has 2 amide bonds. The minimum absolute atomic E-state index is 0.152. The van der Waals surface area contributed by atoms with E-state index in [1.807, 2.05) is 30.3 Å². The van der Waals surface area contributed by atoms with Gasteiger partial charge in [-0.05, 0) is 30.7 Å². The molecule has 2 aromatic carbocycles. The second kappa shape index (κ2) is 9.22. The quantitative estimate of drug-likeness (QED) is 0.599. The number of hydrogen-bond acceptors (Lipinski definition) is 4. The van der Waals surface area contributed by atoms with Crippen molar-refractivity contribution in [3.63, 3.8) is 0 Å². The predicted octanol–water partition coefficient (Wildman–Crippen LogP) is 2.76. The molecule has 0 bridgehead atoms. The number of hydrogen-bond donors (Lipinski definition) is 2. The van der Waals surface area contributed by atoms with Crippen molar-refractivity contribution in [1.82, 2.24) is 0 Å². The molecule has 0 saturated heterocycles. The first-order valence-corrected chi connectivity index (χ1v) is 7.96. The molecule has 0 atom stereocenters. The standard InChI is InChI=1S/C19H20N2O4/c1-2-25-19(24)13-18(23)21-16-10-6-9-15(12-16)20-17(22)11-14-7-4-3-5-8-14/h3-10,12H,2,11,13H2,1H3,(H,20,22)(H,21,23). The number of carbonyl (C=O) groups is 3. The highest BCUT2D eigenvalue weighted by molar-refractivity contribution is 6.02.